The van der Waals surface area contributed by atoms with Gasteiger partial charge in [0, 0.05) is 0 Å². The second kappa shape index (κ2) is 5.17. The number of allylic oxidation sites excluding steroid dienone is 7. The van der Waals surface area contributed by atoms with Crippen molar-refractivity contribution in [3.8, 4) is 0 Å². The van der Waals surface area contributed by atoms with Gasteiger partial charge in [0.05, 0.1) is 0 Å². The van der Waals surface area contributed by atoms with E-state index in [4.69, 9.17) is 0 Å². The molecule has 1 aliphatic rings. The predicted molar refractivity (Wildman–Crippen MR) is 35.5 cm³/mol. The van der Waals surface area contributed by atoms with Crippen LogP contribution in [-0.4, -0.2) is 0 Å². The van der Waals surface area contributed by atoms with Crippen LogP contribution in [0.2, 0.25) is 0 Å². The molecule has 1 aliphatic carbocycles. The van der Waals surface area contributed by atoms with Gasteiger partial charge in [-0.3, -0.25) is 0 Å². The molecule has 0 radical (unpaired) electrons. The molecule has 0 atom stereocenters. The van der Waals surface area contributed by atoms with Crippen molar-refractivity contribution in [2.45, 2.75) is 0 Å². The summed E-state index contributed by atoms with van der Waals surface area (Å²) in [5.41, 5.74) is 0. The first-order chi connectivity index (χ1) is 4.39. The van der Waals surface area contributed by atoms with Gasteiger partial charge in [-0.05, 0) is 0 Å². The normalized spacial score (nSPS) is 29.8. The standard InChI is InChI=1S/C8H8O.Li/c9-8-6-4-2-1-3-5-7-8;/h1-7,9H;/q;+1/p-1/b2-1-,3-1?,4-2?,5-3-,6-4-,7-5?,8-6?,8-7+;. The Kier molecular flexibility index (Phi) is 4.83. The minimum Gasteiger partial charge on any atom is -0.872 e. The fraction of sp³-hybridized carbons (Fsp3) is 0. The fourth-order valence-corrected chi connectivity index (χ4v) is 0.549. The predicted octanol–water partition coefficient (Wildman–Crippen LogP) is -2.08. The summed E-state index contributed by atoms with van der Waals surface area (Å²) in [7, 11) is 0. The van der Waals surface area contributed by atoms with Crippen LogP contribution in [0, 0.1) is 0 Å². The van der Waals surface area contributed by atoms with E-state index in [1.807, 2.05) is 18.2 Å². The molecule has 0 aromatic rings. The summed E-state index contributed by atoms with van der Waals surface area (Å²) >= 11 is 0. The van der Waals surface area contributed by atoms with E-state index >= 15 is 0 Å². The van der Waals surface area contributed by atoms with E-state index in [0.29, 0.717) is 0 Å². The molecule has 1 rings (SSSR count). The third-order valence-electron chi connectivity index (χ3n) is 0.965. The van der Waals surface area contributed by atoms with E-state index in [2.05, 4.69) is 0 Å². The van der Waals surface area contributed by atoms with Crippen LogP contribution in [0.1, 0.15) is 0 Å². The zero-order valence-corrected chi connectivity index (χ0v) is 5.95. The zero-order chi connectivity index (χ0) is 6.53. The Bertz CT molecular complexity index is 199. The van der Waals surface area contributed by atoms with E-state index in [0.717, 1.165) is 0 Å². The second-order valence-electron chi connectivity index (χ2n) is 1.70. The molecule has 2 heteroatoms. The van der Waals surface area contributed by atoms with Gasteiger partial charge in [-0.15, -0.1) is 5.76 Å². The average molecular weight is 126 g/mol. The van der Waals surface area contributed by atoms with Crippen molar-refractivity contribution < 1.29 is 24.0 Å². The van der Waals surface area contributed by atoms with E-state index in [9.17, 15) is 5.11 Å². The van der Waals surface area contributed by atoms with E-state index < -0.39 is 0 Å². The van der Waals surface area contributed by atoms with Gasteiger partial charge < -0.3 is 5.11 Å². The molecule has 0 fully saturated rings. The van der Waals surface area contributed by atoms with Crippen LogP contribution >= 0.6 is 0 Å². The summed E-state index contributed by atoms with van der Waals surface area (Å²) in [6.07, 6.45) is 12.0. The summed E-state index contributed by atoms with van der Waals surface area (Å²) < 4.78 is 0. The summed E-state index contributed by atoms with van der Waals surface area (Å²) in [5.74, 6) is 0.0376. The summed E-state index contributed by atoms with van der Waals surface area (Å²) in [5, 5.41) is 10.6. The fourth-order valence-electron chi connectivity index (χ4n) is 0.549. The Hall–Kier alpha value is -0.643. The van der Waals surface area contributed by atoms with Gasteiger partial charge in [0.25, 0.3) is 0 Å². The third-order valence-corrected chi connectivity index (χ3v) is 0.965. The van der Waals surface area contributed by atoms with Crippen LogP contribution in [0.3, 0.4) is 0 Å². The van der Waals surface area contributed by atoms with Crippen molar-refractivity contribution in [1.82, 2.24) is 0 Å². The van der Waals surface area contributed by atoms with Crippen LogP contribution in [0.25, 0.3) is 0 Å². The Labute approximate surface area is 72.6 Å². The first kappa shape index (κ1) is 9.36. The smallest absolute Gasteiger partial charge is 0.872 e. The van der Waals surface area contributed by atoms with E-state index in [1.54, 1.807) is 12.2 Å². The molecule has 10 heavy (non-hydrogen) atoms. The first-order valence-electron chi connectivity index (χ1n) is 2.78. The van der Waals surface area contributed by atoms with Gasteiger partial charge in [-0.25, -0.2) is 0 Å². The molecule has 0 aromatic carbocycles. The molecule has 0 heterocycles. The molecule has 0 bridgehead atoms. The third kappa shape index (κ3) is 3.40. The SMILES string of the molecule is [Li+].[O-]C1=C/C=C\C=C/C=C\1. The van der Waals surface area contributed by atoms with Gasteiger partial charge in [0.2, 0.25) is 0 Å². The van der Waals surface area contributed by atoms with Gasteiger partial charge in [-0.2, -0.15) is 0 Å². The minimum absolute atomic E-state index is 0. The molecule has 0 aromatic heterocycles. The van der Waals surface area contributed by atoms with Crippen molar-refractivity contribution in [3.63, 3.8) is 0 Å². The molecule has 0 unspecified atom stereocenters. The van der Waals surface area contributed by atoms with Crippen molar-refractivity contribution >= 4 is 0 Å². The van der Waals surface area contributed by atoms with Crippen LogP contribution < -0.4 is 24.0 Å². The molecule has 0 saturated heterocycles. The Morgan fingerprint density at radius 1 is 0.900 bits per heavy atom. The number of hydrogen-bond acceptors (Lipinski definition) is 1. The molecule has 1 nitrogen and oxygen atoms in total. The van der Waals surface area contributed by atoms with Crippen molar-refractivity contribution in [3.05, 3.63) is 48.3 Å². The van der Waals surface area contributed by atoms with Gasteiger partial charge in [-0.1, -0.05) is 42.5 Å². The Morgan fingerprint density at radius 2 is 1.50 bits per heavy atom. The topological polar surface area (TPSA) is 23.1 Å². The average Bonchev–Trinajstić information content (AvgIpc) is 1.79. The zero-order valence-electron chi connectivity index (χ0n) is 5.95. The maximum absolute atomic E-state index is 10.6. The Balaban J connectivity index is 0.000000810. The molecule has 46 valence electrons. The van der Waals surface area contributed by atoms with Gasteiger partial charge >= 0.3 is 18.9 Å². The van der Waals surface area contributed by atoms with E-state index in [-0.39, 0.29) is 24.6 Å². The number of hydrogen-bond donors (Lipinski definition) is 0. The Morgan fingerprint density at radius 3 is 2.30 bits per heavy atom. The van der Waals surface area contributed by atoms with Crippen LogP contribution in [0.4, 0.5) is 0 Å². The second-order valence-corrected chi connectivity index (χ2v) is 1.70. The molecule has 0 amide bonds. The monoisotopic (exact) mass is 126 g/mol. The molecule has 0 aliphatic heterocycles. The summed E-state index contributed by atoms with van der Waals surface area (Å²) in [6.45, 7) is 0. The minimum atomic E-state index is 0. The number of rotatable bonds is 0. The quantitative estimate of drug-likeness (QED) is 0.341. The van der Waals surface area contributed by atoms with Crippen molar-refractivity contribution in [2.24, 2.45) is 0 Å². The van der Waals surface area contributed by atoms with Crippen molar-refractivity contribution in [1.29, 1.82) is 0 Å². The van der Waals surface area contributed by atoms with Crippen LogP contribution in [0.15, 0.2) is 48.3 Å². The maximum atomic E-state index is 10.6. The van der Waals surface area contributed by atoms with Gasteiger partial charge in [0.15, 0.2) is 0 Å². The van der Waals surface area contributed by atoms with Crippen LogP contribution in [0.5, 0.6) is 0 Å². The first-order valence-corrected chi connectivity index (χ1v) is 2.78. The molecular formula is C8H7LiO. The molecule has 0 spiro atoms. The molecule has 0 N–H and O–H groups in total. The molecular weight excluding hydrogens is 119 g/mol. The largest absolute Gasteiger partial charge is 1.00 e. The van der Waals surface area contributed by atoms with E-state index in [1.165, 1.54) is 12.2 Å². The van der Waals surface area contributed by atoms with Crippen LogP contribution in [-0.2, 0) is 0 Å². The summed E-state index contributed by atoms with van der Waals surface area (Å²) in [4.78, 5) is 0. The molecule has 0 saturated carbocycles. The van der Waals surface area contributed by atoms with Gasteiger partial charge in [0.1, 0.15) is 0 Å². The van der Waals surface area contributed by atoms with Crippen molar-refractivity contribution in [2.75, 3.05) is 0 Å². The summed E-state index contributed by atoms with van der Waals surface area (Å²) in [6, 6.07) is 0. The maximum Gasteiger partial charge on any atom is 1.00 e.